The number of sulfonamides is 1. The number of hydrogen-bond acceptors (Lipinski definition) is 7. The van der Waals surface area contributed by atoms with E-state index >= 15 is 0 Å². The number of methoxy groups -OCH3 is 1. The van der Waals surface area contributed by atoms with Crippen LogP contribution < -0.4 is 23.8 Å². The van der Waals surface area contributed by atoms with Gasteiger partial charge in [0, 0.05) is 18.2 Å². The summed E-state index contributed by atoms with van der Waals surface area (Å²) in [6, 6.07) is 10.9. The Bertz CT molecular complexity index is 1220. The van der Waals surface area contributed by atoms with Crippen LogP contribution in [0.15, 0.2) is 42.5 Å². The SMILES string of the molecule is COc1cccc(CN(C(=O)CN(c2ccc3c(c2)OCO3)S(C)(=O)=O)[C@@H](C)C(=O)NC(C)(C)C)c1. The molecule has 0 aromatic heterocycles. The standard InChI is InChI=1S/C25H33N3O7S/c1-17(24(30)26-25(2,3)4)27(14-18-8-7-9-20(12-18)33-5)23(29)15-28(36(6,31)32)19-10-11-21-22(13-19)35-16-34-21/h7-13,17H,14-16H2,1-6H3,(H,26,30)/t17-/m0/s1. The van der Waals surface area contributed by atoms with Gasteiger partial charge in [0.15, 0.2) is 11.5 Å². The largest absolute Gasteiger partial charge is 0.497 e. The van der Waals surface area contributed by atoms with Crippen molar-refractivity contribution in [1.29, 1.82) is 0 Å². The van der Waals surface area contributed by atoms with Gasteiger partial charge < -0.3 is 24.4 Å². The minimum absolute atomic E-state index is 0.0330. The normalized spacial score (nSPS) is 13.6. The summed E-state index contributed by atoms with van der Waals surface area (Å²) in [7, 11) is -2.31. The number of carbonyl (C=O) groups excluding carboxylic acids is 2. The van der Waals surface area contributed by atoms with Crippen LogP contribution in [0.1, 0.15) is 33.3 Å². The third kappa shape index (κ3) is 6.81. The van der Waals surface area contributed by atoms with Crippen molar-refractivity contribution >= 4 is 27.5 Å². The lowest BCUT2D eigenvalue weighted by atomic mass is 10.1. The highest BCUT2D eigenvalue weighted by Gasteiger charge is 2.32. The van der Waals surface area contributed by atoms with E-state index in [1.807, 2.05) is 26.8 Å². The first-order chi connectivity index (χ1) is 16.8. The van der Waals surface area contributed by atoms with E-state index < -0.39 is 34.1 Å². The van der Waals surface area contributed by atoms with Gasteiger partial charge in [-0.15, -0.1) is 0 Å². The third-order valence-corrected chi connectivity index (χ3v) is 6.62. The summed E-state index contributed by atoms with van der Waals surface area (Å²) in [5, 5.41) is 2.89. The lowest BCUT2D eigenvalue weighted by molar-refractivity contribution is -0.140. The highest BCUT2D eigenvalue weighted by molar-refractivity contribution is 7.92. The predicted molar refractivity (Wildman–Crippen MR) is 136 cm³/mol. The number of nitrogens with one attached hydrogen (secondary N) is 1. The van der Waals surface area contributed by atoms with E-state index in [1.54, 1.807) is 37.3 Å². The lowest BCUT2D eigenvalue weighted by Crippen LogP contribution is -2.54. The smallest absolute Gasteiger partial charge is 0.244 e. The fourth-order valence-corrected chi connectivity index (χ4v) is 4.52. The second-order valence-electron chi connectivity index (χ2n) is 9.60. The van der Waals surface area contributed by atoms with Crippen molar-refractivity contribution in [2.45, 2.75) is 45.8 Å². The van der Waals surface area contributed by atoms with Crippen molar-refractivity contribution in [3.05, 3.63) is 48.0 Å². The highest BCUT2D eigenvalue weighted by Crippen LogP contribution is 2.36. The third-order valence-electron chi connectivity index (χ3n) is 5.48. The Morgan fingerprint density at radius 2 is 1.81 bits per heavy atom. The maximum absolute atomic E-state index is 13.6. The average Bonchev–Trinajstić information content (AvgIpc) is 3.26. The summed E-state index contributed by atoms with van der Waals surface area (Å²) < 4.78 is 42.4. The first-order valence-corrected chi connectivity index (χ1v) is 13.2. The number of rotatable bonds is 9. The maximum Gasteiger partial charge on any atom is 0.244 e. The van der Waals surface area contributed by atoms with Crippen LogP contribution in [0.2, 0.25) is 0 Å². The Morgan fingerprint density at radius 3 is 2.44 bits per heavy atom. The first kappa shape index (κ1) is 27.1. The lowest BCUT2D eigenvalue weighted by Gasteiger charge is -2.33. The van der Waals surface area contributed by atoms with Crippen molar-refractivity contribution in [1.82, 2.24) is 10.2 Å². The molecule has 3 rings (SSSR count). The molecule has 1 aliphatic rings. The van der Waals surface area contributed by atoms with Gasteiger partial charge >= 0.3 is 0 Å². The van der Waals surface area contributed by atoms with Crippen molar-refractivity contribution in [3.8, 4) is 17.2 Å². The monoisotopic (exact) mass is 519 g/mol. The fraction of sp³-hybridized carbons (Fsp3) is 0.440. The molecule has 1 atom stereocenters. The molecule has 10 nitrogen and oxygen atoms in total. The molecule has 2 aromatic carbocycles. The maximum atomic E-state index is 13.6. The van der Waals surface area contributed by atoms with E-state index in [-0.39, 0.29) is 24.9 Å². The van der Waals surface area contributed by atoms with E-state index in [4.69, 9.17) is 14.2 Å². The average molecular weight is 520 g/mol. The molecule has 0 fully saturated rings. The number of amides is 2. The Kier molecular flexibility index (Phi) is 8.02. The van der Waals surface area contributed by atoms with E-state index in [1.165, 1.54) is 18.1 Å². The summed E-state index contributed by atoms with van der Waals surface area (Å²) in [5.74, 6) is 0.584. The van der Waals surface area contributed by atoms with Crippen LogP contribution in [0.5, 0.6) is 17.2 Å². The second kappa shape index (κ2) is 10.7. The number of carbonyl (C=O) groups is 2. The van der Waals surface area contributed by atoms with E-state index in [0.717, 1.165) is 16.1 Å². The molecule has 0 unspecified atom stereocenters. The minimum atomic E-state index is -3.85. The van der Waals surface area contributed by atoms with Crippen LogP contribution in [0.4, 0.5) is 5.69 Å². The molecule has 196 valence electrons. The van der Waals surface area contributed by atoms with Gasteiger partial charge in [0.05, 0.1) is 19.1 Å². The van der Waals surface area contributed by atoms with E-state index in [9.17, 15) is 18.0 Å². The number of benzene rings is 2. The topological polar surface area (TPSA) is 114 Å². The molecule has 0 spiro atoms. The Hall–Kier alpha value is -3.47. The van der Waals surface area contributed by atoms with Gasteiger partial charge in [-0.2, -0.15) is 0 Å². The summed E-state index contributed by atoms with van der Waals surface area (Å²) >= 11 is 0. The van der Waals surface area contributed by atoms with Crippen LogP contribution in [0.25, 0.3) is 0 Å². The number of hydrogen-bond donors (Lipinski definition) is 1. The zero-order valence-corrected chi connectivity index (χ0v) is 22.2. The molecule has 1 N–H and O–H groups in total. The van der Waals surface area contributed by atoms with Gasteiger partial charge in [-0.25, -0.2) is 8.42 Å². The first-order valence-electron chi connectivity index (χ1n) is 11.4. The van der Waals surface area contributed by atoms with Crippen molar-refractivity contribution in [2.75, 3.05) is 31.0 Å². The van der Waals surface area contributed by atoms with Crippen LogP contribution >= 0.6 is 0 Å². The van der Waals surface area contributed by atoms with Crippen LogP contribution in [-0.2, 0) is 26.2 Å². The van der Waals surface area contributed by atoms with Gasteiger partial charge in [-0.1, -0.05) is 12.1 Å². The number of nitrogens with zero attached hydrogens (tertiary/aromatic N) is 2. The second-order valence-corrected chi connectivity index (χ2v) is 11.5. The van der Waals surface area contributed by atoms with Crippen molar-refractivity contribution in [2.24, 2.45) is 0 Å². The molecule has 0 aliphatic carbocycles. The minimum Gasteiger partial charge on any atom is -0.497 e. The van der Waals surface area contributed by atoms with Crippen molar-refractivity contribution in [3.63, 3.8) is 0 Å². The van der Waals surface area contributed by atoms with Crippen LogP contribution in [0.3, 0.4) is 0 Å². The van der Waals surface area contributed by atoms with Gasteiger partial charge in [0.2, 0.25) is 28.6 Å². The summed E-state index contributed by atoms with van der Waals surface area (Å²) in [5.41, 5.74) is 0.469. The summed E-state index contributed by atoms with van der Waals surface area (Å²) in [6.45, 7) is 6.75. The molecule has 36 heavy (non-hydrogen) atoms. The Balaban J connectivity index is 1.93. The number of fused-ring (bicyclic) bond motifs is 1. The zero-order chi connectivity index (χ0) is 26.7. The molecule has 0 radical (unpaired) electrons. The van der Waals surface area contributed by atoms with Gasteiger partial charge in [0.1, 0.15) is 18.3 Å². The Morgan fingerprint density at radius 1 is 1.11 bits per heavy atom. The van der Waals surface area contributed by atoms with Gasteiger partial charge in [-0.3, -0.25) is 13.9 Å². The molecule has 0 bridgehead atoms. The zero-order valence-electron chi connectivity index (χ0n) is 21.4. The quantitative estimate of drug-likeness (QED) is 0.541. The Labute approximate surface area is 212 Å². The van der Waals surface area contributed by atoms with E-state index in [0.29, 0.717) is 17.2 Å². The summed E-state index contributed by atoms with van der Waals surface area (Å²) in [6.07, 6.45) is 1.02. The molecule has 1 aliphatic heterocycles. The molecular formula is C25H33N3O7S. The van der Waals surface area contributed by atoms with Crippen molar-refractivity contribution < 1.29 is 32.2 Å². The predicted octanol–water partition coefficient (Wildman–Crippen LogP) is 2.52. The molecule has 0 saturated heterocycles. The molecule has 2 aromatic rings. The van der Waals surface area contributed by atoms with Gasteiger partial charge in [-0.05, 0) is 57.5 Å². The number of ether oxygens (including phenoxy) is 3. The van der Waals surface area contributed by atoms with Crippen LogP contribution in [0, 0.1) is 0 Å². The molecule has 1 heterocycles. The summed E-state index contributed by atoms with van der Waals surface area (Å²) in [4.78, 5) is 28.0. The van der Waals surface area contributed by atoms with Crippen LogP contribution in [-0.4, -0.2) is 63.4 Å². The highest BCUT2D eigenvalue weighted by atomic mass is 32.2. The number of anilines is 1. The van der Waals surface area contributed by atoms with Gasteiger partial charge in [0.25, 0.3) is 0 Å². The molecule has 0 saturated carbocycles. The molecule has 11 heteroatoms. The fourth-order valence-electron chi connectivity index (χ4n) is 3.68. The molecule has 2 amide bonds. The molecular weight excluding hydrogens is 486 g/mol. The van der Waals surface area contributed by atoms with E-state index in [2.05, 4.69) is 5.32 Å².